The van der Waals surface area contributed by atoms with Gasteiger partial charge in [0.05, 0.1) is 23.1 Å². The maximum atomic E-state index is 12.5. The average molecular weight is 408 g/mol. The first kappa shape index (κ1) is 20.2. The zero-order valence-electron chi connectivity index (χ0n) is 17.8. The molecule has 0 spiro atoms. The van der Waals surface area contributed by atoms with Crippen molar-refractivity contribution in [2.24, 2.45) is 0 Å². The Morgan fingerprint density at radius 2 is 2.07 bits per heavy atom. The fourth-order valence-electron chi connectivity index (χ4n) is 3.93. The maximum absolute atomic E-state index is 12.5. The summed E-state index contributed by atoms with van der Waals surface area (Å²) in [4.78, 5) is 14.8. The molecule has 0 amide bonds. The molecular formula is C23H29N5O2. The molecule has 2 heterocycles. The Balaban J connectivity index is 1.73. The number of anilines is 3. The van der Waals surface area contributed by atoms with Crippen LogP contribution in [0.1, 0.15) is 33.6 Å². The topological polar surface area (TPSA) is 85.4 Å². The van der Waals surface area contributed by atoms with E-state index in [0.29, 0.717) is 6.04 Å². The number of benzene rings is 2. The number of ether oxygens (including phenoxy) is 1. The van der Waals surface area contributed by atoms with Crippen LogP contribution in [0.2, 0.25) is 0 Å². The van der Waals surface area contributed by atoms with E-state index < -0.39 is 11.7 Å². The lowest BCUT2D eigenvalue weighted by atomic mass is 10.0. The molecule has 1 fully saturated rings. The van der Waals surface area contributed by atoms with Crippen LogP contribution in [0.3, 0.4) is 0 Å². The number of nitrogens with two attached hydrogens (primary N) is 1. The van der Waals surface area contributed by atoms with Crippen molar-refractivity contribution < 1.29 is 9.53 Å². The molecule has 1 unspecified atom stereocenters. The second-order valence-corrected chi connectivity index (χ2v) is 8.71. The van der Waals surface area contributed by atoms with Crippen molar-refractivity contribution >= 4 is 34.1 Å². The molecule has 1 aromatic heterocycles. The molecule has 1 aliphatic rings. The predicted molar refractivity (Wildman–Crippen MR) is 120 cm³/mol. The van der Waals surface area contributed by atoms with Gasteiger partial charge in [0.15, 0.2) is 0 Å². The van der Waals surface area contributed by atoms with E-state index >= 15 is 0 Å². The molecule has 3 aromatic rings. The van der Waals surface area contributed by atoms with Gasteiger partial charge in [-0.05, 0) is 70.5 Å². The van der Waals surface area contributed by atoms with Gasteiger partial charge in [-0.1, -0.05) is 12.1 Å². The fourth-order valence-corrected chi connectivity index (χ4v) is 3.93. The first-order chi connectivity index (χ1) is 14.3. The van der Waals surface area contributed by atoms with Crippen molar-refractivity contribution in [3.63, 3.8) is 0 Å². The van der Waals surface area contributed by atoms with Gasteiger partial charge in [0, 0.05) is 23.7 Å². The molecule has 7 nitrogen and oxygen atoms in total. The summed E-state index contributed by atoms with van der Waals surface area (Å²) in [6, 6.07) is 14.2. The molecule has 158 valence electrons. The number of nitrogens with one attached hydrogen (secondary N) is 1. The monoisotopic (exact) mass is 407 g/mol. The Morgan fingerprint density at radius 3 is 2.77 bits per heavy atom. The fraction of sp³-hybridized carbons (Fsp3) is 0.391. The van der Waals surface area contributed by atoms with Crippen molar-refractivity contribution in [2.45, 2.75) is 45.3 Å². The molecule has 0 aliphatic carbocycles. The number of nitrogen functional groups attached to an aromatic ring is 1. The van der Waals surface area contributed by atoms with Gasteiger partial charge >= 0.3 is 6.09 Å². The van der Waals surface area contributed by atoms with E-state index in [9.17, 15) is 4.79 Å². The average Bonchev–Trinajstić information content (AvgIpc) is 3.13. The Bertz CT molecular complexity index is 1050. The molecular weight excluding hydrogens is 378 g/mol. The number of fused-ring (bicyclic) bond motifs is 1. The number of rotatable bonds is 3. The van der Waals surface area contributed by atoms with E-state index in [-0.39, 0.29) is 0 Å². The maximum Gasteiger partial charge on any atom is 0.435 e. The molecule has 1 aliphatic heterocycles. The van der Waals surface area contributed by atoms with Gasteiger partial charge in [-0.25, -0.2) is 4.79 Å². The third kappa shape index (κ3) is 4.11. The molecule has 3 N–H and O–H groups in total. The number of para-hydroxylation sites is 2. The van der Waals surface area contributed by atoms with E-state index in [1.54, 1.807) is 6.20 Å². The van der Waals surface area contributed by atoms with E-state index in [1.165, 1.54) is 4.68 Å². The number of hydrogen-bond donors (Lipinski definition) is 2. The first-order valence-corrected chi connectivity index (χ1v) is 10.4. The summed E-state index contributed by atoms with van der Waals surface area (Å²) < 4.78 is 6.79. The lowest BCUT2D eigenvalue weighted by Crippen LogP contribution is -2.44. The molecule has 0 saturated carbocycles. The van der Waals surface area contributed by atoms with E-state index in [0.717, 1.165) is 53.9 Å². The van der Waals surface area contributed by atoms with Crippen LogP contribution in [0.4, 0.5) is 21.9 Å². The summed E-state index contributed by atoms with van der Waals surface area (Å²) in [5.41, 5.74) is 9.24. The lowest BCUT2D eigenvalue weighted by Gasteiger charge is -2.37. The summed E-state index contributed by atoms with van der Waals surface area (Å²) in [5, 5.41) is 8.64. The highest BCUT2D eigenvalue weighted by molar-refractivity contribution is 5.91. The van der Waals surface area contributed by atoms with Crippen molar-refractivity contribution in [3.8, 4) is 0 Å². The third-order valence-electron chi connectivity index (χ3n) is 5.23. The van der Waals surface area contributed by atoms with E-state index in [2.05, 4.69) is 27.4 Å². The Labute approximate surface area is 176 Å². The number of piperidine rings is 1. The number of hydrogen-bond acceptors (Lipinski definition) is 6. The van der Waals surface area contributed by atoms with Crippen LogP contribution in [-0.4, -0.2) is 40.6 Å². The standard InChI is InChI=1S/C23H29N5O2/c1-23(2,3)30-22(29)28-20-11-10-17(13-16(20)14-26-28)27(18-7-6-12-25-15-18)21-9-5-4-8-19(21)24/h4-5,8-11,13-14,18,25H,6-7,12,15,24H2,1-3H3. The summed E-state index contributed by atoms with van der Waals surface area (Å²) in [5.74, 6) is 0. The van der Waals surface area contributed by atoms with Gasteiger partial charge in [-0.3, -0.25) is 0 Å². The minimum Gasteiger partial charge on any atom is -0.442 e. The largest absolute Gasteiger partial charge is 0.442 e. The summed E-state index contributed by atoms with van der Waals surface area (Å²) >= 11 is 0. The van der Waals surface area contributed by atoms with Gasteiger partial charge in [0.25, 0.3) is 0 Å². The smallest absolute Gasteiger partial charge is 0.435 e. The van der Waals surface area contributed by atoms with Crippen LogP contribution in [0.5, 0.6) is 0 Å². The Kier molecular flexibility index (Phi) is 5.39. The summed E-state index contributed by atoms with van der Waals surface area (Å²) in [6.45, 7) is 7.46. The Hall–Kier alpha value is -3.06. The van der Waals surface area contributed by atoms with E-state index in [1.807, 2.05) is 51.1 Å². The van der Waals surface area contributed by atoms with Crippen LogP contribution in [0.25, 0.3) is 10.9 Å². The molecule has 0 radical (unpaired) electrons. The predicted octanol–water partition coefficient (Wildman–Crippen LogP) is 4.29. The highest BCUT2D eigenvalue weighted by Crippen LogP contribution is 2.35. The van der Waals surface area contributed by atoms with Gasteiger partial charge in [-0.15, -0.1) is 0 Å². The normalized spacial score (nSPS) is 17.1. The summed E-state index contributed by atoms with van der Waals surface area (Å²) in [7, 11) is 0. The highest BCUT2D eigenvalue weighted by atomic mass is 16.6. The van der Waals surface area contributed by atoms with Gasteiger partial charge in [0.1, 0.15) is 5.60 Å². The highest BCUT2D eigenvalue weighted by Gasteiger charge is 2.25. The summed E-state index contributed by atoms with van der Waals surface area (Å²) in [6.07, 6.45) is 3.42. The van der Waals surface area contributed by atoms with Crippen molar-refractivity contribution in [3.05, 3.63) is 48.7 Å². The first-order valence-electron chi connectivity index (χ1n) is 10.4. The Morgan fingerprint density at radius 1 is 1.27 bits per heavy atom. The zero-order valence-corrected chi connectivity index (χ0v) is 17.8. The van der Waals surface area contributed by atoms with Crippen LogP contribution in [0.15, 0.2) is 48.7 Å². The van der Waals surface area contributed by atoms with Gasteiger partial charge in [0.2, 0.25) is 0 Å². The molecule has 1 atom stereocenters. The van der Waals surface area contributed by atoms with Crippen LogP contribution < -0.4 is 16.0 Å². The quantitative estimate of drug-likeness (QED) is 0.630. The van der Waals surface area contributed by atoms with Crippen LogP contribution >= 0.6 is 0 Å². The van der Waals surface area contributed by atoms with Crippen LogP contribution in [-0.2, 0) is 4.74 Å². The molecule has 7 heteroatoms. The number of carbonyl (C=O) groups excluding carboxylic acids is 1. The van der Waals surface area contributed by atoms with Crippen LogP contribution in [0, 0.1) is 0 Å². The zero-order chi connectivity index (χ0) is 21.3. The lowest BCUT2D eigenvalue weighted by molar-refractivity contribution is 0.0522. The third-order valence-corrected chi connectivity index (χ3v) is 5.23. The second-order valence-electron chi connectivity index (χ2n) is 8.71. The minimum absolute atomic E-state index is 0.293. The number of carbonyl (C=O) groups is 1. The van der Waals surface area contributed by atoms with Crippen molar-refractivity contribution in [1.82, 2.24) is 15.1 Å². The minimum atomic E-state index is -0.578. The molecule has 30 heavy (non-hydrogen) atoms. The second kappa shape index (κ2) is 7.99. The molecule has 1 saturated heterocycles. The molecule has 0 bridgehead atoms. The number of aromatic nitrogens is 2. The van der Waals surface area contributed by atoms with Crippen molar-refractivity contribution in [1.29, 1.82) is 0 Å². The SMILES string of the molecule is CC(C)(C)OC(=O)n1ncc2cc(N(c3ccccc3N)C3CCCNC3)ccc21. The number of nitrogens with zero attached hydrogens (tertiary/aromatic N) is 3. The molecule has 4 rings (SSSR count). The van der Waals surface area contributed by atoms with Gasteiger partial charge < -0.3 is 20.7 Å². The van der Waals surface area contributed by atoms with E-state index in [4.69, 9.17) is 10.5 Å². The molecule has 2 aromatic carbocycles. The van der Waals surface area contributed by atoms with Gasteiger partial charge in [-0.2, -0.15) is 9.78 Å². The van der Waals surface area contributed by atoms with Crippen molar-refractivity contribution in [2.75, 3.05) is 23.7 Å².